The highest BCUT2D eigenvalue weighted by Gasteiger charge is 2.30. The molecule has 1 heterocycles. The SMILES string of the molecule is Nc1ccc(-c2ccc(C(F)(F)F)cc2)cc1OC1CCOCC1. The van der Waals surface area contributed by atoms with Gasteiger partial charge in [-0.05, 0) is 35.4 Å². The summed E-state index contributed by atoms with van der Waals surface area (Å²) in [4.78, 5) is 0. The highest BCUT2D eigenvalue weighted by molar-refractivity contribution is 5.70. The number of alkyl halides is 3. The molecule has 2 N–H and O–H groups in total. The molecule has 24 heavy (non-hydrogen) atoms. The molecule has 0 unspecified atom stereocenters. The first kappa shape index (κ1) is 16.6. The molecule has 1 saturated heterocycles. The molecule has 2 aromatic carbocycles. The number of rotatable bonds is 3. The number of nitrogens with two attached hydrogens (primary N) is 1. The fourth-order valence-electron chi connectivity index (χ4n) is 2.64. The lowest BCUT2D eigenvalue weighted by Gasteiger charge is -2.24. The van der Waals surface area contributed by atoms with Gasteiger partial charge in [-0.2, -0.15) is 13.2 Å². The van der Waals surface area contributed by atoms with Crippen LogP contribution in [0.2, 0.25) is 0 Å². The molecule has 0 bridgehead atoms. The van der Waals surface area contributed by atoms with Crippen LogP contribution in [-0.2, 0) is 10.9 Å². The van der Waals surface area contributed by atoms with Gasteiger partial charge in [0.15, 0.2) is 0 Å². The Kier molecular flexibility index (Phi) is 4.66. The number of anilines is 1. The number of hydrogen-bond acceptors (Lipinski definition) is 3. The van der Waals surface area contributed by atoms with Gasteiger partial charge in [-0.3, -0.25) is 0 Å². The Morgan fingerprint density at radius 2 is 1.58 bits per heavy atom. The molecule has 0 saturated carbocycles. The van der Waals surface area contributed by atoms with Crippen molar-refractivity contribution < 1.29 is 22.6 Å². The lowest BCUT2D eigenvalue weighted by Crippen LogP contribution is -2.26. The van der Waals surface area contributed by atoms with Gasteiger partial charge in [-0.15, -0.1) is 0 Å². The van der Waals surface area contributed by atoms with Crippen molar-refractivity contribution in [2.45, 2.75) is 25.1 Å². The van der Waals surface area contributed by atoms with Crippen molar-refractivity contribution in [1.82, 2.24) is 0 Å². The van der Waals surface area contributed by atoms with Crippen molar-refractivity contribution in [1.29, 1.82) is 0 Å². The molecular formula is C18H18F3NO2. The van der Waals surface area contributed by atoms with E-state index in [9.17, 15) is 13.2 Å². The monoisotopic (exact) mass is 337 g/mol. The van der Waals surface area contributed by atoms with E-state index in [2.05, 4.69) is 0 Å². The van der Waals surface area contributed by atoms with Crippen molar-refractivity contribution in [3.8, 4) is 16.9 Å². The van der Waals surface area contributed by atoms with Crippen molar-refractivity contribution in [2.24, 2.45) is 0 Å². The lowest BCUT2D eigenvalue weighted by atomic mass is 10.0. The van der Waals surface area contributed by atoms with Gasteiger partial charge in [-0.1, -0.05) is 18.2 Å². The number of hydrogen-bond donors (Lipinski definition) is 1. The van der Waals surface area contributed by atoms with Crippen LogP contribution in [0.1, 0.15) is 18.4 Å². The average Bonchev–Trinajstić information content (AvgIpc) is 2.57. The van der Waals surface area contributed by atoms with Crippen LogP contribution in [0, 0.1) is 0 Å². The van der Waals surface area contributed by atoms with Crippen LogP contribution in [0.5, 0.6) is 5.75 Å². The second kappa shape index (κ2) is 6.73. The van der Waals surface area contributed by atoms with E-state index in [4.69, 9.17) is 15.2 Å². The predicted molar refractivity (Wildman–Crippen MR) is 85.8 cm³/mol. The fraction of sp³-hybridized carbons (Fsp3) is 0.333. The third-order valence-corrected chi connectivity index (χ3v) is 4.02. The second-order valence-corrected chi connectivity index (χ2v) is 5.76. The van der Waals surface area contributed by atoms with Gasteiger partial charge in [0, 0.05) is 12.8 Å². The molecule has 1 fully saturated rings. The van der Waals surface area contributed by atoms with E-state index in [1.807, 2.05) is 0 Å². The maximum absolute atomic E-state index is 12.7. The van der Waals surface area contributed by atoms with Crippen molar-refractivity contribution in [2.75, 3.05) is 18.9 Å². The van der Waals surface area contributed by atoms with E-state index < -0.39 is 11.7 Å². The smallest absolute Gasteiger partial charge is 0.416 e. The minimum absolute atomic E-state index is 0.0453. The molecule has 1 aliphatic rings. The zero-order valence-electron chi connectivity index (χ0n) is 13.0. The van der Waals surface area contributed by atoms with Crippen LogP contribution in [0.25, 0.3) is 11.1 Å². The van der Waals surface area contributed by atoms with E-state index in [0.29, 0.717) is 30.2 Å². The molecule has 128 valence electrons. The quantitative estimate of drug-likeness (QED) is 0.838. The number of nitrogen functional groups attached to an aromatic ring is 1. The summed E-state index contributed by atoms with van der Waals surface area (Å²) in [7, 11) is 0. The summed E-state index contributed by atoms with van der Waals surface area (Å²) in [6.45, 7) is 1.31. The highest BCUT2D eigenvalue weighted by atomic mass is 19.4. The Balaban J connectivity index is 1.82. The summed E-state index contributed by atoms with van der Waals surface area (Å²) >= 11 is 0. The van der Waals surface area contributed by atoms with Crippen LogP contribution >= 0.6 is 0 Å². The molecule has 0 amide bonds. The van der Waals surface area contributed by atoms with Crippen LogP contribution in [-0.4, -0.2) is 19.3 Å². The van der Waals surface area contributed by atoms with Crippen LogP contribution < -0.4 is 10.5 Å². The lowest BCUT2D eigenvalue weighted by molar-refractivity contribution is -0.137. The third-order valence-electron chi connectivity index (χ3n) is 4.02. The Morgan fingerprint density at radius 3 is 2.21 bits per heavy atom. The summed E-state index contributed by atoms with van der Waals surface area (Å²) in [6, 6.07) is 10.3. The minimum atomic E-state index is -4.34. The van der Waals surface area contributed by atoms with E-state index >= 15 is 0 Å². The van der Waals surface area contributed by atoms with Crippen LogP contribution in [0.3, 0.4) is 0 Å². The van der Waals surface area contributed by atoms with Gasteiger partial charge in [0.25, 0.3) is 0 Å². The maximum atomic E-state index is 12.7. The molecule has 0 aromatic heterocycles. The standard InChI is InChI=1S/C18H18F3NO2/c19-18(20,21)14-4-1-12(2-5-14)13-3-6-16(22)17(11-13)24-15-7-9-23-10-8-15/h1-6,11,15H,7-10,22H2. The summed E-state index contributed by atoms with van der Waals surface area (Å²) < 4.78 is 49.2. The van der Waals surface area contributed by atoms with Gasteiger partial charge in [-0.25, -0.2) is 0 Å². The van der Waals surface area contributed by atoms with Crippen LogP contribution in [0.4, 0.5) is 18.9 Å². The molecule has 2 aromatic rings. The van der Waals surface area contributed by atoms with E-state index in [-0.39, 0.29) is 6.10 Å². The first-order chi connectivity index (χ1) is 11.4. The van der Waals surface area contributed by atoms with Crippen LogP contribution in [0.15, 0.2) is 42.5 Å². The van der Waals surface area contributed by atoms with Gasteiger partial charge in [0.05, 0.1) is 24.5 Å². The summed E-state index contributed by atoms with van der Waals surface area (Å²) in [5, 5.41) is 0. The maximum Gasteiger partial charge on any atom is 0.416 e. The molecule has 3 rings (SSSR count). The summed E-state index contributed by atoms with van der Waals surface area (Å²) in [5.74, 6) is 0.555. The third kappa shape index (κ3) is 3.82. The van der Waals surface area contributed by atoms with Crippen molar-refractivity contribution >= 4 is 5.69 Å². The molecule has 0 aliphatic carbocycles. The first-order valence-corrected chi connectivity index (χ1v) is 7.75. The van der Waals surface area contributed by atoms with E-state index in [1.54, 1.807) is 18.2 Å². The molecule has 0 spiro atoms. The van der Waals surface area contributed by atoms with E-state index in [1.165, 1.54) is 12.1 Å². The normalized spacial score (nSPS) is 16.1. The second-order valence-electron chi connectivity index (χ2n) is 5.76. The summed E-state index contributed by atoms with van der Waals surface area (Å²) in [5.41, 5.74) is 7.25. The Hall–Kier alpha value is -2.21. The summed E-state index contributed by atoms with van der Waals surface area (Å²) in [6.07, 6.45) is -2.70. The molecule has 3 nitrogen and oxygen atoms in total. The Morgan fingerprint density at radius 1 is 0.958 bits per heavy atom. The van der Waals surface area contributed by atoms with Gasteiger partial charge in [0.2, 0.25) is 0 Å². The molecule has 1 aliphatic heterocycles. The zero-order valence-corrected chi connectivity index (χ0v) is 13.0. The van der Waals surface area contributed by atoms with Gasteiger partial charge >= 0.3 is 6.18 Å². The Labute approximate surface area is 138 Å². The topological polar surface area (TPSA) is 44.5 Å². The molecule has 6 heteroatoms. The van der Waals surface area contributed by atoms with Crippen molar-refractivity contribution in [3.05, 3.63) is 48.0 Å². The van der Waals surface area contributed by atoms with Crippen molar-refractivity contribution in [3.63, 3.8) is 0 Å². The number of ether oxygens (including phenoxy) is 2. The Bertz CT molecular complexity index is 692. The molecular weight excluding hydrogens is 319 g/mol. The largest absolute Gasteiger partial charge is 0.488 e. The molecule has 0 atom stereocenters. The zero-order chi connectivity index (χ0) is 17.2. The molecule has 0 radical (unpaired) electrons. The number of halogens is 3. The van der Waals surface area contributed by atoms with Gasteiger partial charge < -0.3 is 15.2 Å². The average molecular weight is 337 g/mol. The first-order valence-electron chi connectivity index (χ1n) is 7.75. The van der Waals surface area contributed by atoms with Gasteiger partial charge in [0.1, 0.15) is 11.9 Å². The minimum Gasteiger partial charge on any atom is -0.488 e. The highest BCUT2D eigenvalue weighted by Crippen LogP contribution is 2.33. The number of benzene rings is 2. The van der Waals surface area contributed by atoms with E-state index in [0.717, 1.165) is 30.5 Å². The fourth-order valence-corrected chi connectivity index (χ4v) is 2.64. The predicted octanol–water partition coefficient (Wildman–Crippen LogP) is 4.51.